The van der Waals surface area contributed by atoms with Crippen molar-refractivity contribution in [1.29, 1.82) is 0 Å². The Bertz CT molecular complexity index is 1430. The van der Waals surface area contributed by atoms with Crippen molar-refractivity contribution in [2.24, 2.45) is 0 Å². The van der Waals surface area contributed by atoms with Gasteiger partial charge in [-0.15, -0.1) is 11.3 Å². The molecule has 210 valence electrons. The van der Waals surface area contributed by atoms with Crippen LogP contribution in [-0.2, 0) is 20.8 Å². The van der Waals surface area contributed by atoms with E-state index in [1.165, 1.54) is 22.3 Å². The summed E-state index contributed by atoms with van der Waals surface area (Å²) in [6.45, 7) is 6.00. The van der Waals surface area contributed by atoms with Gasteiger partial charge in [-0.05, 0) is 62.7 Å². The summed E-state index contributed by atoms with van der Waals surface area (Å²) in [4.78, 5) is 53.0. The highest BCUT2D eigenvalue weighted by molar-refractivity contribution is 7.18. The fourth-order valence-corrected chi connectivity index (χ4v) is 4.85. The maximum Gasteiger partial charge on any atom is 0.412 e. The lowest BCUT2D eigenvalue weighted by Gasteiger charge is -2.28. The van der Waals surface area contributed by atoms with E-state index >= 15 is 0 Å². The van der Waals surface area contributed by atoms with Crippen LogP contribution in [0.5, 0.6) is 0 Å². The van der Waals surface area contributed by atoms with Crippen molar-refractivity contribution in [2.45, 2.75) is 32.9 Å². The molecule has 40 heavy (non-hydrogen) atoms. The van der Waals surface area contributed by atoms with Crippen LogP contribution in [0, 0.1) is 0 Å². The number of carbonyl (C=O) groups excluding carboxylic acids is 4. The first-order chi connectivity index (χ1) is 19.0. The fourth-order valence-electron chi connectivity index (χ4n) is 3.89. The third-order valence-electron chi connectivity index (χ3n) is 5.68. The molecule has 1 saturated heterocycles. The predicted molar refractivity (Wildman–Crippen MR) is 154 cm³/mol. The second-order valence-electron chi connectivity index (χ2n) is 9.85. The van der Waals surface area contributed by atoms with Crippen molar-refractivity contribution in [3.8, 4) is 0 Å². The second-order valence-corrected chi connectivity index (χ2v) is 11.6. The molecule has 1 aromatic heterocycles. The minimum absolute atomic E-state index is 0.0517. The van der Waals surface area contributed by atoms with Crippen LogP contribution in [-0.4, -0.2) is 49.2 Å². The average Bonchev–Trinajstić information content (AvgIpc) is 3.33. The fraction of sp³-hybridized carbons (Fsp3) is 0.286. The molecule has 2 aromatic carbocycles. The Hall–Kier alpha value is -3.93. The van der Waals surface area contributed by atoms with Crippen molar-refractivity contribution in [3.05, 3.63) is 74.9 Å². The third-order valence-corrected chi connectivity index (χ3v) is 6.91. The third kappa shape index (κ3) is 7.59. The van der Waals surface area contributed by atoms with E-state index < -0.39 is 17.6 Å². The molecule has 4 rings (SSSR count). The van der Waals surface area contributed by atoms with E-state index in [0.29, 0.717) is 39.3 Å². The molecule has 2 heterocycles. The van der Waals surface area contributed by atoms with E-state index in [0.717, 1.165) is 0 Å². The molecule has 0 saturated carbocycles. The molecule has 1 aliphatic heterocycles. The quantitative estimate of drug-likeness (QED) is 0.346. The maximum atomic E-state index is 13.5. The SMILES string of the molecule is CC(C)(C)OC(=O)Nc1cc(N2CCOCC2=O)ccc1C(=O)Nc1ccccc1CNC(=O)c1ccc(Cl)s1. The van der Waals surface area contributed by atoms with Gasteiger partial charge in [-0.25, -0.2) is 4.79 Å². The Morgan fingerprint density at radius 1 is 1.02 bits per heavy atom. The molecular formula is C28H29ClN4O6S. The summed E-state index contributed by atoms with van der Waals surface area (Å²) in [5.74, 6) is -1.02. The average molecular weight is 585 g/mol. The predicted octanol–water partition coefficient (Wildman–Crippen LogP) is 5.29. The molecule has 0 unspecified atom stereocenters. The summed E-state index contributed by atoms with van der Waals surface area (Å²) in [5, 5.41) is 8.34. The van der Waals surface area contributed by atoms with Crippen molar-refractivity contribution >= 4 is 63.8 Å². The number of nitrogens with zero attached hydrogens (tertiary/aromatic N) is 1. The van der Waals surface area contributed by atoms with Crippen molar-refractivity contribution < 1.29 is 28.7 Å². The first-order valence-electron chi connectivity index (χ1n) is 12.4. The summed E-state index contributed by atoms with van der Waals surface area (Å²) in [7, 11) is 0. The molecule has 0 aliphatic carbocycles. The highest BCUT2D eigenvalue weighted by Crippen LogP contribution is 2.28. The summed E-state index contributed by atoms with van der Waals surface area (Å²) < 4.78 is 11.1. The zero-order valence-electron chi connectivity index (χ0n) is 22.2. The number of hydrogen-bond acceptors (Lipinski definition) is 7. The molecule has 10 nitrogen and oxygen atoms in total. The largest absolute Gasteiger partial charge is 0.444 e. The summed E-state index contributed by atoms with van der Waals surface area (Å²) >= 11 is 7.10. The molecule has 0 radical (unpaired) electrons. The van der Waals surface area contributed by atoms with E-state index in [4.69, 9.17) is 21.1 Å². The van der Waals surface area contributed by atoms with Gasteiger partial charge in [0, 0.05) is 24.5 Å². The number of halogens is 1. The molecular weight excluding hydrogens is 556 g/mol. The molecule has 4 amide bonds. The van der Waals surface area contributed by atoms with Gasteiger partial charge >= 0.3 is 6.09 Å². The van der Waals surface area contributed by atoms with Crippen LogP contribution in [0.1, 0.15) is 46.4 Å². The number of morpholine rings is 1. The summed E-state index contributed by atoms with van der Waals surface area (Å²) in [6.07, 6.45) is -0.746. The number of benzene rings is 2. The van der Waals surface area contributed by atoms with Gasteiger partial charge in [-0.3, -0.25) is 19.7 Å². The smallest absolute Gasteiger partial charge is 0.412 e. The Morgan fingerprint density at radius 3 is 2.50 bits per heavy atom. The number of hydrogen-bond donors (Lipinski definition) is 3. The molecule has 3 aromatic rings. The van der Waals surface area contributed by atoms with Crippen LogP contribution in [0.4, 0.5) is 21.9 Å². The normalized spacial score (nSPS) is 13.5. The molecule has 1 fully saturated rings. The van der Waals surface area contributed by atoms with E-state index in [1.54, 1.807) is 69.3 Å². The lowest BCUT2D eigenvalue weighted by Crippen LogP contribution is -2.41. The lowest BCUT2D eigenvalue weighted by molar-refractivity contribution is -0.125. The summed E-state index contributed by atoms with van der Waals surface area (Å²) in [6, 6.07) is 15.1. The number of rotatable bonds is 7. The molecule has 0 spiro atoms. The van der Waals surface area contributed by atoms with Crippen molar-refractivity contribution in [3.63, 3.8) is 0 Å². The van der Waals surface area contributed by atoms with Crippen molar-refractivity contribution in [2.75, 3.05) is 35.3 Å². The molecule has 3 N–H and O–H groups in total. The highest BCUT2D eigenvalue weighted by Gasteiger charge is 2.24. The van der Waals surface area contributed by atoms with Gasteiger partial charge in [0.15, 0.2) is 0 Å². The van der Waals surface area contributed by atoms with Crippen LogP contribution >= 0.6 is 22.9 Å². The standard InChI is InChI=1S/C28H29ClN4O6S/c1-28(2,3)39-27(37)32-21-14-18(33-12-13-38-16-24(33)34)8-9-19(21)25(35)31-20-7-5-4-6-17(20)15-30-26(36)22-10-11-23(29)40-22/h4-11,14H,12-13,15-16H2,1-3H3,(H,30,36)(H,31,35)(H,32,37). The minimum Gasteiger partial charge on any atom is -0.444 e. The lowest BCUT2D eigenvalue weighted by atomic mass is 10.1. The van der Waals surface area contributed by atoms with Crippen LogP contribution in [0.3, 0.4) is 0 Å². The highest BCUT2D eigenvalue weighted by atomic mass is 35.5. The van der Waals surface area contributed by atoms with Gasteiger partial charge < -0.3 is 25.0 Å². The van der Waals surface area contributed by atoms with Crippen LogP contribution in [0.25, 0.3) is 0 Å². The van der Waals surface area contributed by atoms with E-state index in [1.807, 2.05) is 0 Å². The zero-order valence-corrected chi connectivity index (χ0v) is 23.8. The number of amides is 4. The topological polar surface area (TPSA) is 126 Å². The Morgan fingerprint density at radius 2 is 1.80 bits per heavy atom. The Kier molecular flexibility index (Phi) is 9.08. The molecule has 0 bridgehead atoms. The van der Waals surface area contributed by atoms with Gasteiger partial charge in [0.05, 0.1) is 27.1 Å². The van der Waals surface area contributed by atoms with E-state index in [2.05, 4.69) is 16.0 Å². The number of ether oxygens (including phenoxy) is 2. The van der Waals surface area contributed by atoms with Crippen molar-refractivity contribution in [1.82, 2.24) is 5.32 Å². The first-order valence-corrected chi connectivity index (χ1v) is 13.6. The van der Waals surface area contributed by atoms with Gasteiger partial charge in [-0.1, -0.05) is 29.8 Å². The Labute approximate surface area is 240 Å². The monoisotopic (exact) mass is 584 g/mol. The van der Waals surface area contributed by atoms with E-state index in [-0.39, 0.29) is 36.2 Å². The number of para-hydroxylation sites is 1. The number of nitrogens with one attached hydrogen (secondary N) is 3. The molecule has 12 heteroatoms. The van der Waals surface area contributed by atoms with E-state index in [9.17, 15) is 19.2 Å². The van der Waals surface area contributed by atoms with Gasteiger partial charge in [0.25, 0.3) is 17.7 Å². The number of thiophene rings is 1. The van der Waals surface area contributed by atoms with Gasteiger partial charge in [0.1, 0.15) is 12.2 Å². The van der Waals surface area contributed by atoms with Crippen LogP contribution in [0.2, 0.25) is 4.34 Å². The molecule has 0 atom stereocenters. The second kappa shape index (κ2) is 12.5. The van der Waals surface area contributed by atoms with Gasteiger partial charge in [-0.2, -0.15) is 0 Å². The Balaban J connectivity index is 1.56. The first kappa shape index (κ1) is 29.1. The molecule has 1 aliphatic rings. The van der Waals surface area contributed by atoms with Gasteiger partial charge in [0.2, 0.25) is 0 Å². The van der Waals surface area contributed by atoms with Crippen LogP contribution in [0.15, 0.2) is 54.6 Å². The minimum atomic E-state index is -0.762. The zero-order chi connectivity index (χ0) is 28.9. The maximum absolute atomic E-state index is 13.5. The number of carbonyl (C=O) groups is 4. The number of anilines is 3. The van der Waals surface area contributed by atoms with Crippen LogP contribution < -0.4 is 20.9 Å². The summed E-state index contributed by atoms with van der Waals surface area (Å²) in [5.41, 5.74) is 1.22.